The minimum atomic E-state index is 0.256. The van der Waals surface area contributed by atoms with Crippen LogP contribution >= 0.6 is 0 Å². The van der Waals surface area contributed by atoms with Crippen LogP contribution in [0.5, 0.6) is 0 Å². The molecule has 0 unspecified atom stereocenters. The predicted octanol–water partition coefficient (Wildman–Crippen LogP) is 1.24. The van der Waals surface area contributed by atoms with Crippen molar-refractivity contribution in [3.05, 3.63) is 5.82 Å². The minimum Gasteiger partial charge on any atom is -0.380 e. The summed E-state index contributed by atoms with van der Waals surface area (Å²) in [7, 11) is 0. The van der Waals surface area contributed by atoms with Crippen LogP contribution in [-0.2, 0) is 11.2 Å². The van der Waals surface area contributed by atoms with E-state index in [1.807, 2.05) is 6.92 Å². The maximum Gasteiger partial charge on any atom is 0.227 e. The molecule has 1 aromatic rings. The molecule has 0 aliphatic carbocycles. The Bertz CT molecular complexity index is 332. The molecule has 0 aliphatic heterocycles. The zero-order valence-corrected chi connectivity index (χ0v) is 10.6. The summed E-state index contributed by atoms with van der Waals surface area (Å²) in [5.41, 5.74) is 5.57. The van der Waals surface area contributed by atoms with E-state index in [4.69, 9.17) is 10.5 Å². The van der Waals surface area contributed by atoms with E-state index in [-0.39, 0.29) is 5.95 Å². The van der Waals surface area contributed by atoms with Crippen molar-refractivity contribution in [3.63, 3.8) is 0 Å². The fraction of sp³-hybridized carbons (Fsp3) is 0.727. The van der Waals surface area contributed by atoms with E-state index in [0.717, 1.165) is 25.9 Å². The van der Waals surface area contributed by atoms with Gasteiger partial charge in [0.15, 0.2) is 0 Å². The van der Waals surface area contributed by atoms with Crippen LogP contribution in [0.1, 0.15) is 32.5 Å². The van der Waals surface area contributed by atoms with Gasteiger partial charge in [0.1, 0.15) is 5.82 Å². The average molecular weight is 239 g/mol. The molecule has 3 N–H and O–H groups in total. The predicted molar refractivity (Wildman–Crippen MR) is 67.8 cm³/mol. The molecule has 0 fully saturated rings. The van der Waals surface area contributed by atoms with Crippen molar-refractivity contribution in [2.24, 2.45) is 0 Å². The molecule has 6 nitrogen and oxygen atoms in total. The van der Waals surface area contributed by atoms with Crippen LogP contribution in [-0.4, -0.2) is 34.7 Å². The third-order valence-electron chi connectivity index (χ3n) is 2.19. The van der Waals surface area contributed by atoms with Crippen molar-refractivity contribution >= 4 is 11.9 Å². The minimum absolute atomic E-state index is 0.256. The SMILES string of the molecule is CCCCOCCNc1nc(N)nc(CC)n1. The summed E-state index contributed by atoms with van der Waals surface area (Å²) >= 11 is 0. The number of ether oxygens (including phenoxy) is 1. The largest absolute Gasteiger partial charge is 0.380 e. The summed E-state index contributed by atoms with van der Waals surface area (Å²) < 4.78 is 5.42. The first-order chi connectivity index (χ1) is 8.26. The second-order valence-corrected chi connectivity index (χ2v) is 3.68. The second-order valence-electron chi connectivity index (χ2n) is 3.68. The molecule has 1 aromatic heterocycles. The Morgan fingerprint density at radius 3 is 2.71 bits per heavy atom. The monoisotopic (exact) mass is 239 g/mol. The first kappa shape index (κ1) is 13.6. The summed E-state index contributed by atoms with van der Waals surface area (Å²) in [6.07, 6.45) is 2.99. The number of anilines is 2. The summed E-state index contributed by atoms with van der Waals surface area (Å²) in [6.45, 7) is 6.25. The van der Waals surface area contributed by atoms with Gasteiger partial charge in [-0.25, -0.2) is 0 Å². The summed E-state index contributed by atoms with van der Waals surface area (Å²) in [4.78, 5) is 12.2. The summed E-state index contributed by atoms with van der Waals surface area (Å²) in [5.74, 6) is 1.48. The Labute approximate surface area is 102 Å². The first-order valence-electron chi connectivity index (χ1n) is 6.08. The molecule has 1 rings (SSSR count). The maximum absolute atomic E-state index is 5.57. The Morgan fingerprint density at radius 2 is 2.00 bits per heavy atom. The molecule has 0 radical (unpaired) electrons. The van der Waals surface area contributed by atoms with Gasteiger partial charge in [-0.15, -0.1) is 0 Å². The quantitative estimate of drug-likeness (QED) is 0.664. The number of nitrogens with zero attached hydrogens (tertiary/aromatic N) is 3. The molecule has 0 amide bonds. The lowest BCUT2D eigenvalue weighted by Crippen LogP contribution is -2.14. The fourth-order valence-corrected chi connectivity index (χ4v) is 1.26. The molecule has 0 spiro atoms. The van der Waals surface area contributed by atoms with Crippen molar-refractivity contribution in [1.29, 1.82) is 0 Å². The number of aryl methyl sites for hydroxylation is 1. The number of rotatable bonds is 8. The number of unbranched alkanes of at least 4 members (excludes halogenated alkanes) is 1. The summed E-state index contributed by atoms with van der Waals surface area (Å²) in [6, 6.07) is 0. The average Bonchev–Trinajstić information content (AvgIpc) is 2.33. The van der Waals surface area contributed by atoms with Gasteiger partial charge in [-0.3, -0.25) is 0 Å². The second kappa shape index (κ2) is 7.78. The number of nitrogens with two attached hydrogens (primary N) is 1. The third-order valence-corrected chi connectivity index (χ3v) is 2.19. The summed E-state index contributed by atoms with van der Waals surface area (Å²) in [5, 5.41) is 3.07. The van der Waals surface area contributed by atoms with E-state index >= 15 is 0 Å². The third kappa shape index (κ3) is 5.44. The van der Waals surface area contributed by atoms with E-state index in [1.165, 1.54) is 0 Å². The lowest BCUT2D eigenvalue weighted by atomic mass is 10.4. The highest BCUT2D eigenvalue weighted by atomic mass is 16.5. The van der Waals surface area contributed by atoms with Crippen LogP contribution in [0.15, 0.2) is 0 Å². The molecule has 0 aliphatic rings. The van der Waals surface area contributed by atoms with Crippen molar-refractivity contribution in [2.75, 3.05) is 30.8 Å². The van der Waals surface area contributed by atoms with Gasteiger partial charge in [-0.05, 0) is 6.42 Å². The highest BCUT2D eigenvalue weighted by Crippen LogP contribution is 2.02. The van der Waals surface area contributed by atoms with Crippen LogP contribution < -0.4 is 11.1 Å². The Balaban J connectivity index is 2.28. The van der Waals surface area contributed by atoms with E-state index in [0.29, 0.717) is 24.9 Å². The molecular weight excluding hydrogens is 218 g/mol. The molecule has 17 heavy (non-hydrogen) atoms. The molecule has 0 saturated carbocycles. The molecule has 6 heteroatoms. The van der Waals surface area contributed by atoms with Crippen LogP contribution in [0, 0.1) is 0 Å². The van der Waals surface area contributed by atoms with Crippen LogP contribution in [0.4, 0.5) is 11.9 Å². The Hall–Kier alpha value is -1.43. The molecule has 0 atom stereocenters. The normalized spacial score (nSPS) is 10.5. The van der Waals surface area contributed by atoms with E-state index in [1.54, 1.807) is 0 Å². The van der Waals surface area contributed by atoms with Crippen molar-refractivity contribution < 1.29 is 4.74 Å². The van der Waals surface area contributed by atoms with Crippen LogP contribution in [0.3, 0.4) is 0 Å². The molecule has 96 valence electrons. The zero-order valence-electron chi connectivity index (χ0n) is 10.6. The molecule has 0 aromatic carbocycles. The fourth-order valence-electron chi connectivity index (χ4n) is 1.26. The number of hydrogen-bond acceptors (Lipinski definition) is 6. The van der Waals surface area contributed by atoms with Gasteiger partial charge in [0.2, 0.25) is 11.9 Å². The van der Waals surface area contributed by atoms with Gasteiger partial charge >= 0.3 is 0 Å². The number of aromatic nitrogens is 3. The topological polar surface area (TPSA) is 86.0 Å². The number of hydrogen-bond donors (Lipinski definition) is 2. The Morgan fingerprint density at radius 1 is 1.18 bits per heavy atom. The van der Waals surface area contributed by atoms with Crippen molar-refractivity contribution in [3.8, 4) is 0 Å². The van der Waals surface area contributed by atoms with Gasteiger partial charge in [0.25, 0.3) is 0 Å². The number of nitrogens with one attached hydrogen (secondary N) is 1. The van der Waals surface area contributed by atoms with Gasteiger partial charge in [-0.2, -0.15) is 15.0 Å². The van der Waals surface area contributed by atoms with Crippen LogP contribution in [0.2, 0.25) is 0 Å². The van der Waals surface area contributed by atoms with E-state index in [2.05, 4.69) is 27.2 Å². The van der Waals surface area contributed by atoms with E-state index in [9.17, 15) is 0 Å². The molecular formula is C11H21N5O. The van der Waals surface area contributed by atoms with Gasteiger partial charge in [0, 0.05) is 19.6 Å². The number of nitrogen functional groups attached to an aromatic ring is 1. The smallest absolute Gasteiger partial charge is 0.227 e. The molecule has 1 heterocycles. The van der Waals surface area contributed by atoms with Gasteiger partial charge in [0.05, 0.1) is 6.61 Å². The zero-order chi connectivity index (χ0) is 12.5. The maximum atomic E-state index is 5.57. The lowest BCUT2D eigenvalue weighted by Gasteiger charge is -2.07. The molecule has 0 saturated heterocycles. The first-order valence-corrected chi connectivity index (χ1v) is 6.08. The lowest BCUT2D eigenvalue weighted by molar-refractivity contribution is 0.141. The molecule has 0 bridgehead atoms. The van der Waals surface area contributed by atoms with Crippen LogP contribution in [0.25, 0.3) is 0 Å². The standard InChI is InChI=1S/C11H21N5O/c1-3-5-7-17-8-6-13-11-15-9(4-2)14-10(12)16-11/h3-8H2,1-2H3,(H3,12,13,14,15,16). The van der Waals surface area contributed by atoms with Crippen molar-refractivity contribution in [2.45, 2.75) is 33.1 Å². The highest BCUT2D eigenvalue weighted by molar-refractivity contribution is 5.30. The van der Waals surface area contributed by atoms with Gasteiger partial charge in [-0.1, -0.05) is 20.3 Å². The van der Waals surface area contributed by atoms with Gasteiger partial charge < -0.3 is 15.8 Å². The highest BCUT2D eigenvalue weighted by Gasteiger charge is 2.01. The Kier molecular flexibility index (Phi) is 6.24. The van der Waals surface area contributed by atoms with E-state index < -0.39 is 0 Å². The van der Waals surface area contributed by atoms with Crippen molar-refractivity contribution in [1.82, 2.24) is 15.0 Å².